The molecule has 1 saturated carbocycles. The number of hydrogen-bond donors (Lipinski definition) is 1. The van der Waals surface area contributed by atoms with E-state index >= 15 is 0 Å². The molecule has 1 aromatic rings. The maximum atomic E-state index is 6.29. The van der Waals surface area contributed by atoms with Crippen LogP contribution in [0.3, 0.4) is 0 Å². The van der Waals surface area contributed by atoms with Crippen molar-refractivity contribution in [2.24, 2.45) is 0 Å². The van der Waals surface area contributed by atoms with Gasteiger partial charge in [-0.15, -0.1) is 0 Å². The van der Waals surface area contributed by atoms with E-state index in [1.165, 1.54) is 0 Å². The molecule has 1 N–H and O–H groups in total. The zero-order chi connectivity index (χ0) is 14.7. The van der Waals surface area contributed by atoms with Crippen LogP contribution in [0.5, 0.6) is 11.5 Å². The molecule has 2 aliphatic rings. The molecule has 0 amide bonds. The zero-order valence-electron chi connectivity index (χ0n) is 12.4. The standard InChI is InChI=1S/C16H22ClNO3/c1-2-19-13-8-12(9-13)18-10-11-6-14(17)16-15(7-11)20-4-3-5-21-16/h6-7,12-13,18H,2-5,8-10H2,1H3. The molecule has 116 valence electrons. The van der Waals surface area contributed by atoms with Gasteiger partial charge < -0.3 is 19.5 Å². The summed E-state index contributed by atoms with van der Waals surface area (Å²) in [6.07, 6.45) is 3.50. The molecule has 1 aliphatic carbocycles. The van der Waals surface area contributed by atoms with E-state index in [4.69, 9.17) is 25.8 Å². The predicted octanol–water partition coefficient (Wildman–Crippen LogP) is 3.16. The lowest BCUT2D eigenvalue weighted by atomic mass is 9.89. The number of ether oxygens (including phenoxy) is 3. The van der Waals surface area contributed by atoms with Gasteiger partial charge in [-0.1, -0.05) is 11.6 Å². The molecule has 5 heteroatoms. The molecule has 1 aromatic carbocycles. The van der Waals surface area contributed by atoms with Gasteiger partial charge in [0.15, 0.2) is 11.5 Å². The average Bonchev–Trinajstić information content (AvgIpc) is 2.67. The highest BCUT2D eigenvalue weighted by Crippen LogP contribution is 2.38. The number of halogens is 1. The number of nitrogens with one attached hydrogen (secondary N) is 1. The van der Waals surface area contributed by atoms with Crippen LogP contribution in [0.1, 0.15) is 31.7 Å². The lowest BCUT2D eigenvalue weighted by Crippen LogP contribution is -2.45. The van der Waals surface area contributed by atoms with Crippen molar-refractivity contribution >= 4 is 11.6 Å². The first-order chi connectivity index (χ1) is 10.3. The van der Waals surface area contributed by atoms with E-state index in [0.29, 0.717) is 36.1 Å². The molecule has 0 spiro atoms. The highest BCUT2D eigenvalue weighted by atomic mass is 35.5. The molecule has 3 rings (SSSR count). The van der Waals surface area contributed by atoms with Crippen LogP contribution in [0.25, 0.3) is 0 Å². The Kier molecular flexibility index (Phi) is 4.88. The predicted molar refractivity (Wildman–Crippen MR) is 82.3 cm³/mol. The van der Waals surface area contributed by atoms with Gasteiger partial charge in [0.1, 0.15) is 0 Å². The molecule has 0 aromatic heterocycles. The van der Waals surface area contributed by atoms with Crippen LogP contribution < -0.4 is 14.8 Å². The van der Waals surface area contributed by atoms with Gasteiger partial charge in [-0.05, 0) is 37.5 Å². The Bertz CT molecular complexity index is 489. The summed E-state index contributed by atoms with van der Waals surface area (Å²) in [5.74, 6) is 1.44. The SMILES string of the molecule is CCOC1CC(NCc2cc(Cl)c3c(c2)OCCCO3)C1. The van der Waals surface area contributed by atoms with Crippen LogP contribution in [0.4, 0.5) is 0 Å². The van der Waals surface area contributed by atoms with Gasteiger partial charge in [0.2, 0.25) is 0 Å². The van der Waals surface area contributed by atoms with Crippen molar-refractivity contribution < 1.29 is 14.2 Å². The third-order valence-corrected chi connectivity index (χ3v) is 4.23. The van der Waals surface area contributed by atoms with Crippen molar-refractivity contribution in [2.45, 2.75) is 44.9 Å². The van der Waals surface area contributed by atoms with Crippen molar-refractivity contribution in [1.82, 2.24) is 5.32 Å². The van der Waals surface area contributed by atoms with Crippen LogP contribution in [0.2, 0.25) is 5.02 Å². The second-order valence-corrected chi connectivity index (χ2v) is 5.99. The van der Waals surface area contributed by atoms with E-state index in [1.54, 1.807) is 0 Å². The first-order valence-corrected chi connectivity index (χ1v) is 8.07. The molecule has 1 aliphatic heterocycles. The minimum atomic E-state index is 0.430. The fraction of sp³-hybridized carbons (Fsp3) is 0.625. The van der Waals surface area contributed by atoms with Crippen LogP contribution in [0.15, 0.2) is 12.1 Å². The fourth-order valence-electron chi connectivity index (χ4n) is 2.75. The second kappa shape index (κ2) is 6.86. The van der Waals surface area contributed by atoms with Crippen LogP contribution in [0, 0.1) is 0 Å². The van der Waals surface area contributed by atoms with Crippen molar-refractivity contribution in [2.75, 3.05) is 19.8 Å². The molecule has 0 atom stereocenters. The van der Waals surface area contributed by atoms with E-state index < -0.39 is 0 Å². The van der Waals surface area contributed by atoms with E-state index in [-0.39, 0.29) is 0 Å². The molecular weight excluding hydrogens is 290 g/mol. The van der Waals surface area contributed by atoms with E-state index in [9.17, 15) is 0 Å². The molecule has 0 bridgehead atoms. The first-order valence-electron chi connectivity index (χ1n) is 7.69. The van der Waals surface area contributed by atoms with Crippen molar-refractivity contribution in [3.8, 4) is 11.5 Å². The first kappa shape index (κ1) is 14.9. The summed E-state index contributed by atoms with van der Waals surface area (Å²) in [4.78, 5) is 0. The largest absolute Gasteiger partial charge is 0.489 e. The summed E-state index contributed by atoms with van der Waals surface area (Å²) in [5.41, 5.74) is 1.13. The topological polar surface area (TPSA) is 39.7 Å². The number of fused-ring (bicyclic) bond motifs is 1. The number of rotatable bonds is 5. The van der Waals surface area contributed by atoms with Crippen LogP contribution in [-0.4, -0.2) is 32.0 Å². The summed E-state index contributed by atoms with van der Waals surface area (Å²) in [7, 11) is 0. The lowest BCUT2D eigenvalue weighted by molar-refractivity contribution is -0.0102. The van der Waals surface area contributed by atoms with Gasteiger partial charge in [-0.3, -0.25) is 0 Å². The van der Waals surface area contributed by atoms with E-state index in [1.807, 2.05) is 19.1 Å². The smallest absolute Gasteiger partial charge is 0.179 e. The zero-order valence-corrected chi connectivity index (χ0v) is 13.1. The Labute approximate surface area is 130 Å². The number of hydrogen-bond acceptors (Lipinski definition) is 4. The molecule has 0 radical (unpaired) electrons. The molecule has 21 heavy (non-hydrogen) atoms. The fourth-order valence-corrected chi connectivity index (χ4v) is 3.04. The average molecular weight is 312 g/mol. The highest BCUT2D eigenvalue weighted by molar-refractivity contribution is 6.32. The summed E-state index contributed by atoms with van der Waals surface area (Å²) >= 11 is 6.29. The third-order valence-electron chi connectivity index (χ3n) is 3.95. The maximum absolute atomic E-state index is 6.29. The highest BCUT2D eigenvalue weighted by Gasteiger charge is 2.29. The van der Waals surface area contributed by atoms with Crippen LogP contribution >= 0.6 is 11.6 Å². The number of benzene rings is 1. The third kappa shape index (κ3) is 3.62. The molecule has 0 saturated heterocycles. The summed E-state index contributed by atoms with van der Waals surface area (Å²) in [6, 6.07) is 4.52. The van der Waals surface area contributed by atoms with Gasteiger partial charge in [0, 0.05) is 25.6 Å². The summed E-state index contributed by atoms with van der Waals surface area (Å²) in [5, 5.41) is 4.17. The second-order valence-electron chi connectivity index (χ2n) is 5.58. The van der Waals surface area contributed by atoms with Crippen molar-refractivity contribution in [3.05, 3.63) is 22.7 Å². The summed E-state index contributed by atoms with van der Waals surface area (Å²) < 4.78 is 16.9. The van der Waals surface area contributed by atoms with Gasteiger partial charge in [0.25, 0.3) is 0 Å². The van der Waals surface area contributed by atoms with Gasteiger partial charge >= 0.3 is 0 Å². The Morgan fingerprint density at radius 2 is 2.10 bits per heavy atom. The van der Waals surface area contributed by atoms with Crippen molar-refractivity contribution in [3.63, 3.8) is 0 Å². The maximum Gasteiger partial charge on any atom is 0.179 e. The lowest BCUT2D eigenvalue weighted by Gasteiger charge is -2.35. The Morgan fingerprint density at radius 1 is 1.29 bits per heavy atom. The Hall–Kier alpha value is -0.970. The van der Waals surface area contributed by atoms with Gasteiger partial charge in [-0.25, -0.2) is 0 Å². The normalized spacial score (nSPS) is 24.3. The molecule has 1 fully saturated rings. The van der Waals surface area contributed by atoms with Crippen molar-refractivity contribution in [1.29, 1.82) is 0 Å². The minimum Gasteiger partial charge on any atom is -0.489 e. The van der Waals surface area contributed by atoms with Gasteiger partial charge in [0.05, 0.1) is 24.3 Å². The Balaban J connectivity index is 1.57. The molecule has 1 heterocycles. The molecule has 0 unspecified atom stereocenters. The monoisotopic (exact) mass is 311 g/mol. The quantitative estimate of drug-likeness (QED) is 0.907. The van der Waals surface area contributed by atoms with E-state index in [2.05, 4.69) is 5.32 Å². The minimum absolute atomic E-state index is 0.430. The van der Waals surface area contributed by atoms with E-state index in [0.717, 1.165) is 43.7 Å². The molecular formula is C16H22ClNO3. The summed E-state index contributed by atoms with van der Waals surface area (Å²) in [6.45, 7) is 4.97. The van der Waals surface area contributed by atoms with Crippen LogP contribution in [-0.2, 0) is 11.3 Å². The van der Waals surface area contributed by atoms with Gasteiger partial charge in [-0.2, -0.15) is 0 Å². The Morgan fingerprint density at radius 3 is 2.90 bits per heavy atom. The molecule has 4 nitrogen and oxygen atoms in total.